The summed E-state index contributed by atoms with van der Waals surface area (Å²) in [7, 11) is 0. The first-order chi connectivity index (χ1) is 29.0. The van der Waals surface area contributed by atoms with Gasteiger partial charge in [-0.25, -0.2) is 15.0 Å². The van der Waals surface area contributed by atoms with Gasteiger partial charge in [-0.1, -0.05) is 151 Å². The molecule has 0 radical (unpaired) electrons. The zero-order valence-electron chi connectivity index (χ0n) is 32.6. The molecule has 2 heterocycles. The maximum Gasteiger partial charge on any atom is 0.166 e. The van der Waals surface area contributed by atoms with E-state index in [2.05, 4.69) is 134 Å². The zero-order chi connectivity index (χ0) is 39.9. The quantitative estimate of drug-likeness (QED) is 0.162. The molecule has 0 amide bonds. The Balaban J connectivity index is 1.29. The van der Waals surface area contributed by atoms with Crippen LogP contribution in [0.3, 0.4) is 0 Å². The van der Waals surface area contributed by atoms with Crippen molar-refractivity contribution < 1.29 is 0 Å². The van der Waals surface area contributed by atoms with E-state index in [1.165, 1.54) is 22.3 Å². The van der Waals surface area contributed by atoms with Crippen molar-refractivity contribution >= 4 is 21.8 Å². The maximum absolute atomic E-state index is 9.85. The van der Waals surface area contributed by atoms with Crippen LogP contribution in [0.5, 0.6) is 0 Å². The van der Waals surface area contributed by atoms with E-state index in [0.29, 0.717) is 23.0 Å². The molecule has 0 aliphatic carbocycles. The molecule has 0 N–H and O–H groups in total. The molecule has 5 nitrogen and oxygen atoms in total. The molecular formula is C54H37N5. The Kier molecular flexibility index (Phi) is 8.93. The van der Waals surface area contributed by atoms with Gasteiger partial charge in [0.2, 0.25) is 0 Å². The van der Waals surface area contributed by atoms with Gasteiger partial charge in [0, 0.05) is 27.5 Å². The van der Waals surface area contributed by atoms with Crippen LogP contribution in [0.2, 0.25) is 0 Å². The van der Waals surface area contributed by atoms with Crippen molar-refractivity contribution in [3.8, 4) is 79.3 Å². The monoisotopic (exact) mass is 755 g/mol. The predicted molar refractivity (Wildman–Crippen MR) is 241 cm³/mol. The van der Waals surface area contributed by atoms with Gasteiger partial charge in [0.25, 0.3) is 0 Å². The Morgan fingerprint density at radius 2 is 0.831 bits per heavy atom. The molecule has 0 aliphatic rings. The molecule has 2 aromatic heterocycles. The summed E-state index contributed by atoms with van der Waals surface area (Å²) in [6.07, 6.45) is 0. The molecular weight excluding hydrogens is 719 g/mol. The van der Waals surface area contributed by atoms with Crippen LogP contribution in [-0.4, -0.2) is 19.5 Å². The number of benzene rings is 8. The van der Waals surface area contributed by atoms with Crippen LogP contribution in [0.4, 0.5) is 0 Å². The Bertz CT molecular complexity index is 3090. The SMILES string of the molecule is Cc1cccc(-c2ccc3c(c2)c2cc(-c4cccc(C)c4)ccc2n3-c2cc(-c3cccc(C#N)c3)ccc2-c2nc(-c3ccccc3)nc(-c3ccccc3)n2)c1. The summed E-state index contributed by atoms with van der Waals surface area (Å²) < 4.78 is 2.35. The van der Waals surface area contributed by atoms with Crippen LogP contribution in [0, 0.1) is 25.2 Å². The zero-order valence-corrected chi connectivity index (χ0v) is 32.6. The highest BCUT2D eigenvalue weighted by atomic mass is 15.1. The second-order valence-electron chi connectivity index (χ2n) is 15.0. The van der Waals surface area contributed by atoms with Crippen LogP contribution in [0.1, 0.15) is 16.7 Å². The van der Waals surface area contributed by atoms with Gasteiger partial charge >= 0.3 is 0 Å². The van der Waals surface area contributed by atoms with E-state index < -0.39 is 0 Å². The van der Waals surface area contributed by atoms with Crippen molar-refractivity contribution in [3.63, 3.8) is 0 Å². The Hall–Kier alpha value is -7.94. The lowest BCUT2D eigenvalue weighted by molar-refractivity contribution is 1.06. The lowest BCUT2D eigenvalue weighted by atomic mass is 9.99. The molecule has 0 saturated carbocycles. The highest BCUT2D eigenvalue weighted by molar-refractivity contribution is 6.12. The number of aromatic nitrogens is 4. The van der Waals surface area contributed by atoms with Gasteiger partial charge in [-0.05, 0) is 95.8 Å². The average Bonchev–Trinajstić information content (AvgIpc) is 3.62. The van der Waals surface area contributed by atoms with Gasteiger partial charge in [-0.3, -0.25) is 0 Å². The van der Waals surface area contributed by atoms with Crippen LogP contribution in [-0.2, 0) is 0 Å². The highest BCUT2D eigenvalue weighted by Crippen LogP contribution is 2.41. The van der Waals surface area contributed by atoms with Crippen LogP contribution in [0.25, 0.3) is 95.0 Å². The second kappa shape index (κ2) is 14.9. The van der Waals surface area contributed by atoms with Gasteiger partial charge in [0.1, 0.15) is 0 Å². The Morgan fingerprint density at radius 1 is 0.390 bits per heavy atom. The summed E-state index contributed by atoms with van der Waals surface area (Å²) in [4.78, 5) is 15.4. The molecule has 0 atom stereocenters. The molecule has 278 valence electrons. The Morgan fingerprint density at radius 3 is 1.36 bits per heavy atom. The number of hydrogen-bond donors (Lipinski definition) is 0. The van der Waals surface area contributed by atoms with Crippen molar-refractivity contribution in [2.24, 2.45) is 0 Å². The molecule has 8 aromatic carbocycles. The molecule has 0 spiro atoms. The lowest BCUT2D eigenvalue weighted by Crippen LogP contribution is -2.04. The van der Waals surface area contributed by atoms with Crippen LogP contribution >= 0.6 is 0 Å². The van der Waals surface area contributed by atoms with E-state index in [9.17, 15) is 5.26 Å². The van der Waals surface area contributed by atoms with Crippen molar-refractivity contribution in [2.45, 2.75) is 13.8 Å². The third kappa shape index (κ3) is 6.73. The van der Waals surface area contributed by atoms with Crippen molar-refractivity contribution in [1.29, 1.82) is 5.26 Å². The van der Waals surface area contributed by atoms with Crippen molar-refractivity contribution in [2.75, 3.05) is 0 Å². The molecule has 0 aliphatic heterocycles. The van der Waals surface area contributed by atoms with Crippen LogP contribution in [0.15, 0.2) is 188 Å². The molecule has 59 heavy (non-hydrogen) atoms. The molecule has 10 rings (SSSR count). The third-order valence-electron chi connectivity index (χ3n) is 11.0. The minimum atomic E-state index is 0.563. The summed E-state index contributed by atoms with van der Waals surface area (Å²) in [5.41, 5.74) is 15.3. The third-order valence-corrected chi connectivity index (χ3v) is 11.0. The van der Waals surface area contributed by atoms with Crippen molar-refractivity contribution in [3.05, 3.63) is 205 Å². The topological polar surface area (TPSA) is 67.4 Å². The minimum Gasteiger partial charge on any atom is -0.308 e. The maximum atomic E-state index is 9.85. The van der Waals surface area contributed by atoms with E-state index >= 15 is 0 Å². The first-order valence-corrected chi connectivity index (χ1v) is 19.7. The van der Waals surface area contributed by atoms with Gasteiger partial charge in [-0.2, -0.15) is 5.26 Å². The van der Waals surface area contributed by atoms with E-state index in [-0.39, 0.29) is 0 Å². The smallest absolute Gasteiger partial charge is 0.166 e. The fraction of sp³-hybridized carbons (Fsp3) is 0.0370. The highest BCUT2D eigenvalue weighted by Gasteiger charge is 2.21. The van der Waals surface area contributed by atoms with Crippen LogP contribution < -0.4 is 0 Å². The predicted octanol–water partition coefficient (Wildman–Crippen LogP) is 13.5. The standard InChI is InChI=1S/C54H37N5/c1-35-12-9-19-40(28-35)43-23-26-49-47(31-43)48-32-44(41-20-10-13-36(2)29-41)24-27-50(48)59(49)51-33-45(42-21-11-14-37(30-42)34-55)22-25-46(51)54-57-52(38-15-5-3-6-16-38)56-53(58-54)39-17-7-4-8-18-39/h3-33H,1-2H3. The van der Waals surface area contributed by atoms with E-state index in [0.717, 1.165) is 66.4 Å². The van der Waals surface area contributed by atoms with E-state index in [1.54, 1.807) is 0 Å². The molecule has 10 aromatic rings. The first-order valence-electron chi connectivity index (χ1n) is 19.7. The van der Waals surface area contributed by atoms with E-state index in [4.69, 9.17) is 15.0 Å². The summed E-state index contributed by atoms with van der Waals surface area (Å²) in [5.74, 6) is 1.76. The van der Waals surface area contributed by atoms with Gasteiger partial charge < -0.3 is 4.57 Å². The van der Waals surface area contributed by atoms with Gasteiger partial charge in [0.15, 0.2) is 17.5 Å². The molecule has 0 fully saturated rings. The number of aryl methyl sites for hydroxylation is 2. The largest absolute Gasteiger partial charge is 0.308 e. The summed E-state index contributed by atoms with van der Waals surface area (Å²) >= 11 is 0. The summed E-state index contributed by atoms with van der Waals surface area (Å²) in [6.45, 7) is 4.27. The number of rotatable bonds is 7. The first kappa shape index (κ1) is 35.5. The number of fused-ring (bicyclic) bond motifs is 3. The number of hydrogen-bond acceptors (Lipinski definition) is 4. The fourth-order valence-electron chi connectivity index (χ4n) is 8.07. The van der Waals surface area contributed by atoms with Gasteiger partial charge in [0.05, 0.1) is 28.4 Å². The van der Waals surface area contributed by atoms with Crippen molar-refractivity contribution in [1.82, 2.24) is 19.5 Å². The van der Waals surface area contributed by atoms with E-state index in [1.807, 2.05) is 78.9 Å². The fourth-order valence-corrected chi connectivity index (χ4v) is 8.07. The minimum absolute atomic E-state index is 0.563. The Labute approximate surface area is 343 Å². The molecule has 0 bridgehead atoms. The number of nitriles is 1. The summed E-state index contributed by atoms with van der Waals surface area (Å²) in [6, 6.07) is 67.6. The summed E-state index contributed by atoms with van der Waals surface area (Å²) in [5, 5.41) is 12.1. The normalized spacial score (nSPS) is 11.2. The average molecular weight is 756 g/mol. The lowest BCUT2D eigenvalue weighted by Gasteiger charge is -2.17. The van der Waals surface area contributed by atoms with Gasteiger partial charge in [-0.15, -0.1) is 0 Å². The molecule has 0 unspecified atom stereocenters. The molecule has 0 saturated heterocycles. The number of nitrogens with zero attached hydrogens (tertiary/aromatic N) is 5. The second-order valence-corrected chi connectivity index (χ2v) is 15.0. The molecule has 5 heteroatoms.